The molecule has 110 valence electrons. The highest BCUT2D eigenvalue weighted by molar-refractivity contribution is 5.88. The van der Waals surface area contributed by atoms with Crippen molar-refractivity contribution in [3.05, 3.63) is 59.2 Å². The zero-order chi connectivity index (χ0) is 15.4. The number of benzene rings is 1. The van der Waals surface area contributed by atoms with E-state index in [4.69, 9.17) is 0 Å². The summed E-state index contributed by atoms with van der Waals surface area (Å²) in [5, 5.41) is 3.21. The molecule has 0 bridgehead atoms. The van der Waals surface area contributed by atoms with E-state index in [1.54, 1.807) is 25.1 Å². The van der Waals surface area contributed by atoms with Crippen molar-refractivity contribution in [1.29, 1.82) is 0 Å². The van der Waals surface area contributed by atoms with Gasteiger partial charge in [0.1, 0.15) is 11.5 Å². The Morgan fingerprint density at radius 3 is 2.76 bits per heavy atom. The number of carbonyl (C=O) groups is 1. The molecule has 0 aliphatic rings. The smallest absolute Gasteiger partial charge is 0.356 e. The summed E-state index contributed by atoms with van der Waals surface area (Å²) in [6.45, 7) is 3.64. The lowest BCUT2D eigenvalue weighted by Crippen LogP contribution is -2.09. The third kappa shape index (κ3) is 3.56. The molecule has 5 heteroatoms. The number of nitrogens with one attached hydrogen (secondary N) is 1. The maximum atomic E-state index is 13.6. The molecule has 21 heavy (non-hydrogen) atoms. The van der Waals surface area contributed by atoms with Crippen LogP contribution in [0, 0.1) is 12.7 Å². The van der Waals surface area contributed by atoms with Crippen molar-refractivity contribution >= 4 is 11.7 Å². The molecule has 0 aliphatic heterocycles. The average molecular weight is 288 g/mol. The molecule has 0 fully saturated rings. The van der Waals surface area contributed by atoms with Crippen LogP contribution in [-0.2, 0) is 4.74 Å². The first-order valence-electron chi connectivity index (χ1n) is 6.58. The first kappa shape index (κ1) is 15.0. The highest BCUT2D eigenvalue weighted by atomic mass is 19.1. The number of carbonyl (C=O) groups excluding carboxylic acids is 1. The van der Waals surface area contributed by atoms with Crippen LogP contribution in [0.4, 0.5) is 10.1 Å². The van der Waals surface area contributed by atoms with E-state index < -0.39 is 5.97 Å². The van der Waals surface area contributed by atoms with Crippen LogP contribution in [-0.4, -0.2) is 18.1 Å². The van der Waals surface area contributed by atoms with Crippen LogP contribution in [0.3, 0.4) is 0 Å². The largest absolute Gasteiger partial charge is 0.464 e. The molecule has 2 aromatic rings. The molecule has 0 amide bonds. The number of halogens is 1. The van der Waals surface area contributed by atoms with Crippen molar-refractivity contribution in [1.82, 2.24) is 4.98 Å². The highest BCUT2D eigenvalue weighted by Crippen LogP contribution is 2.21. The Morgan fingerprint density at radius 1 is 1.33 bits per heavy atom. The lowest BCUT2D eigenvalue weighted by molar-refractivity contribution is 0.0594. The Balaban J connectivity index is 2.17. The molecule has 1 heterocycles. The van der Waals surface area contributed by atoms with Gasteiger partial charge in [0.15, 0.2) is 0 Å². The Labute approximate surface area is 123 Å². The van der Waals surface area contributed by atoms with Crippen LogP contribution in [0.1, 0.15) is 34.6 Å². The van der Waals surface area contributed by atoms with Gasteiger partial charge < -0.3 is 10.1 Å². The van der Waals surface area contributed by atoms with Gasteiger partial charge in [0.2, 0.25) is 0 Å². The van der Waals surface area contributed by atoms with Crippen molar-refractivity contribution in [2.75, 3.05) is 12.4 Å². The Hall–Kier alpha value is -2.43. The van der Waals surface area contributed by atoms with E-state index in [-0.39, 0.29) is 17.6 Å². The molecule has 1 aromatic carbocycles. The number of pyridine rings is 1. The molecule has 0 saturated heterocycles. The van der Waals surface area contributed by atoms with Crippen molar-refractivity contribution in [3.8, 4) is 0 Å². The summed E-state index contributed by atoms with van der Waals surface area (Å²) in [5.74, 6) is -0.723. The molecule has 1 atom stereocenters. The molecule has 1 aromatic heterocycles. The predicted octanol–water partition coefficient (Wildman–Crippen LogP) is 3.49. The van der Waals surface area contributed by atoms with Crippen molar-refractivity contribution < 1.29 is 13.9 Å². The number of hydrogen-bond acceptors (Lipinski definition) is 4. The van der Waals surface area contributed by atoms with E-state index in [1.165, 1.54) is 19.4 Å². The molecular weight excluding hydrogens is 271 g/mol. The summed E-state index contributed by atoms with van der Waals surface area (Å²) >= 11 is 0. The zero-order valence-corrected chi connectivity index (χ0v) is 12.2. The van der Waals surface area contributed by atoms with Gasteiger partial charge in [0, 0.05) is 17.9 Å². The highest BCUT2D eigenvalue weighted by Gasteiger charge is 2.11. The number of nitrogens with zero attached hydrogens (tertiary/aromatic N) is 1. The minimum absolute atomic E-state index is 0.104. The molecule has 1 unspecified atom stereocenters. The summed E-state index contributed by atoms with van der Waals surface area (Å²) in [5.41, 5.74) is 2.39. The van der Waals surface area contributed by atoms with Gasteiger partial charge in [-0.2, -0.15) is 0 Å². The van der Waals surface area contributed by atoms with Crippen LogP contribution < -0.4 is 5.32 Å². The third-order valence-electron chi connectivity index (χ3n) is 3.23. The van der Waals surface area contributed by atoms with Crippen LogP contribution in [0.25, 0.3) is 0 Å². The van der Waals surface area contributed by atoms with Crippen molar-refractivity contribution in [3.63, 3.8) is 0 Å². The van der Waals surface area contributed by atoms with Gasteiger partial charge in [-0.1, -0.05) is 12.1 Å². The fourth-order valence-electron chi connectivity index (χ4n) is 1.95. The normalized spacial score (nSPS) is 11.8. The van der Waals surface area contributed by atoms with Gasteiger partial charge in [-0.3, -0.25) is 0 Å². The van der Waals surface area contributed by atoms with E-state index in [2.05, 4.69) is 15.0 Å². The second-order valence-electron chi connectivity index (χ2n) is 4.80. The molecule has 1 N–H and O–H groups in total. The van der Waals surface area contributed by atoms with Crippen LogP contribution in [0.2, 0.25) is 0 Å². The second kappa shape index (κ2) is 6.35. The van der Waals surface area contributed by atoms with Gasteiger partial charge in [-0.05, 0) is 43.2 Å². The summed E-state index contributed by atoms with van der Waals surface area (Å²) in [4.78, 5) is 15.4. The van der Waals surface area contributed by atoms with E-state index in [0.717, 1.165) is 11.3 Å². The average Bonchev–Trinajstić information content (AvgIpc) is 2.49. The number of hydrogen-bond donors (Lipinski definition) is 1. The maximum Gasteiger partial charge on any atom is 0.356 e. The minimum atomic E-state index is -0.493. The number of methoxy groups -OCH3 is 1. The van der Waals surface area contributed by atoms with E-state index >= 15 is 0 Å². The van der Waals surface area contributed by atoms with Gasteiger partial charge in [-0.15, -0.1) is 0 Å². The fraction of sp³-hybridized carbons (Fsp3) is 0.250. The standard InChI is InChI=1S/C16H17FN2O2/c1-10-4-5-12(8-14(10)17)11(2)19-13-6-7-18-15(9-13)16(20)21-3/h4-9,11H,1-3H3,(H,18,19). The minimum Gasteiger partial charge on any atom is -0.464 e. The molecular formula is C16H17FN2O2. The summed E-state index contributed by atoms with van der Waals surface area (Å²) in [6.07, 6.45) is 1.52. The van der Waals surface area contributed by atoms with Gasteiger partial charge in [0.05, 0.1) is 7.11 Å². The number of anilines is 1. The van der Waals surface area contributed by atoms with Gasteiger partial charge in [0.25, 0.3) is 0 Å². The second-order valence-corrected chi connectivity index (χ2v) is 4.80. The topological polar surface area (TPSA) is 51.2 Å². The number of ether oxygens (including phenoxy) is 1. The van der Waals surface area contributed by atoms with E-state index in [9.17, 15) is 9.18 Å². The quantitative estimate of drug-likeness (QED) is 0.875. The summed E-state index contributed by atoms with van der Waals surface area (Å²) < 4.78 is 18.2. The van der Waals surface area contributed by atoms with E-state index in [1.807, 2.05) is 13.0 Å². The zero-order valence-electron chi connectivity index (χ0n) is 12.2. The lowest BCUT2D eigenvalue weighted by Gasteiger charge is -2.16. The number of rotatable bonds is 4. The molecule has 2 rings (SSSR count). The first-order valence-corrected chi connectivity index (χ1v) is 6.58. The molecule has 0 aliphatic carbocycles. The summed E-state index contributed by atoms with van der Waals surface area (Å²) in [6, 6.07) is 8.37. The number of aryl methyl sites for hydroxylation is 1. The maximum absolute atomic E-state index is 13.6. The summed E-state index contributed by atoms with van der Waals surface area (Å²) in [7, 11) is 1.31. The Morgan fingerprint density at radius 2 is 2.10 bits per heavy atom. The predicted molar refractivity (Wildman–Crippen MR) is 78.8 cm³/mol. The van der Waals surface area contributed by atoms with Crippen LogP contribution in [0.5, 0.6) is 0 Å². The third-order valence-corrected chi connectivity index (χ3v) is 3.23. The molecule has 0 radical (unpaired) electrons. The van der Waals surface area contributed by atoms with Crippen LogP contribution >= 0.6 is 0 Å². The van der Waals surface area contributed by atoms with Gasteiger partial charge >= 0.3 is 5.97 Å². The van der Waals surface area contributed by atoms with Gasteiger partial charge in [-0.25, -0.2) is 14.2 Å². The fourth-order valence-corrected chi connectivity index (χ4v) is 1.95. The molecule has 4 nitrogen and oxygen atoms in total. The van der Waals surface area contributed by atoms with Crippen molar-refractivity contribution in [2.24, 2.45) is 0 Å². The lowest BCUT2D eigenvalue weighted by atomic mass is 10.1. The SMILES string of the molecule is COC(=O)c1cc(NC(C)c2ccc(C)c(F)c2)ccn1. The monoisotopic (exact) mass is 288 g/mol. The number of aromatic nitrogens is 1. The van der Waals surface area contributed by atoms with E-state index in [0.29, 0.717) is 5.56 Å². The molecule has 0 spiro atoms. The Bertz CT molecular complexity index is 658. The van der Waals surface area contributed by atoms with Crippen LogP contribution in [0.15, 0.2) is 36.5 Å². The van der Waals surface area contributed by atoms with Crippen molar-refractivity contribution in [2.45, 2.75) is 19.9 Å². The Kier molecular flexibility index (Phi) is 4.52. The first-order chi connectivity index (χ1) is 10.0. The number of esters is 1. The molecule has 0 saturated carbocycles.